The van der Waals surface area contributed by atoms with Crippen molar-refractivity contribution in [3.63, 3.8) is 0 Å². The Labute approximate surface area is 196 Å². The van der Waals surface area contributed by atoms with Crippen LogP contribution in [0.4, 0.5) is 0 Å². The van der Waals surface area contributed by atoms with Crippen molar-refractivity contribution >= 4 is 20.4 Å². The summed E-state index contributed by atoms with van der Waals surface area (Å²) in [7, 11) is 0.440. The van der Waals surface area contributed by atoms with E-state index in [1.165, 1.54) is 22.0 Å². The summed E-state index contributed by atoms with van der Waals surface area (Å²) in [5.74, 6) is 2.34. The molecule has 2 atom stereocenters. The fraction of sp³-hybridized carbons (Fsp3) is 0.345. The number of benzene rings is 3. The molecule has 0 N–H and O–H groups in total. The van der Waals surface area contributed by atoms with E-state index in [1.807, 2.05) is 25.1 Å². The van der Waals surface area contributed by atoms with Gasteiger partial charge in [-0.2, -0.15) is 0 Å². The molecule has 2 nitrogen and oxygen atoms in total. The summed E-state index contributed by atoms with van der Waals surface area (Å²) in [6.45, 7) is 13.4. The van der Waals surface area contributed by atoms with E-state index in [-0.39, 0.29) is 0 Å². The first-order chi connectivity index (χ1) is 15.3. The maximum atomic E-state index is 9.17. The Bertz CT molecular complexity index is 913. The summed E-state index contributed by atoms with van der Waals surface area (Å²) >= 11 is 0. The number of carbonyl (C=O) groups excluding carboxylic acids is 1. The summed E-state index contributed by atoms with van der Waals surface area (Å²) in [6.07, 6.45) is 1.51. The number of rotatable bonds is 3. The molecule has 0 saturated heterocycles. The van der Waals surface area contributed by atoms with E-state index < -0.39 is 0 Å². The lowest BCUT2D eigenvalue weighted by molar-refractivity contribution is -0.107. The third kappa shape index (κ3) is 7.31. The van der Waals surface area contributed by atoms with Crippen LogP contribution < -0.4 is 9.83 Å². The molecule has 3 aromatic rings. The van der Waals surface area contributed by atoms with Crippen LogP contribution in [0.3, 0.4) is 0 Å². The molecule has 0 aliphatic carbocycles. The third-order valence-corrected chi connectivity index (χ3v) is 6.28. The van der Waals surface area contributed by atoms with Gasteiger partial charge in [0.05, 0.1) is 0 Å². The highest BCUT2D eigenvalue weighted by Gasteiger charge is 2.28. The second-order valence-electron chi connectivity index (χ2n) is 9.32. The quantitative estimate of drug-likeness (QED) is 0.299. The highest BCUT2D eigenvalue weighted by molar-refractivity contribution is 7.43. The van der Waals surface area contributed by atoms with Crippen molar-refractivity contribution in [3.8, 4) is 16.9 Å². The van der Waals surface area contributed by atoms with Gasteiger partial charge in [-0.25, -0.2) is 0 Å². The van der Waals surface area contributed by atoms with Crippen molar-refractivity contribution in [3.05, 3.63) is 84.4 Å². The van der Waals surface area contributed by atoms with E-state index in [2.05, 4.69) is 95.3 Å². The summed E-state index contributed by atoms with van der Waals surface area (Å²) in [6, 6.07) is 27.5. The number of carbonyl (C=O) groups is 1. The Morgan fingerprint density at radius 2 is 1.38 bits per heavy atom. The molecule has 2 unspecified atom stereocenters. The number of para-hydroxylation sites is 1. The Kier molecular flexibility index (Phi) is 10.1. The molecule has 0 saturated carbocycles. The minimum absolute atomic E-state index is 0.343. The Balaban J connectivity index is 0.000000195. The highest BCUT2D eigenvalue weighted by atomic mass is 31.1. The lowest BCUT2D eigenvalue weighted by Crippen LogP contribution is -2.23. The smallest absolute Gasteiger partial charge is 0.131 e. The Morgan fingerprint density at radius 3 is 1.94 bits per heavy atom. The van der Waals surface area contributed by atoms with E-state index in [4.69, 9.17) is 4.52 Å². The maximum Gasteiger partial charge on any atom is 0.131 e. The molecule has 0 fully saturated rings. The van der Waals surface area contributed by atoms with E-state index >= 15 is 0 Å². The molecule has 0 aromatic heterocycles. The van der Waals surface area contributed by atoms with Gasteiger partial charge >= 0.3 is 0 Å². The van der Waals surface area contributed by atoms with Crippen LogP contribution >= 0.6 is 8.81 Å². The van der Waals surface area contributed by atoms with E-state index in [0.29, 0.717) is 32.5 Å². The van der Waals surface area contributed by atoms with E-state index in [0.717, 1.165) is 12.0 Å². The largest absolute Gasteiger partial charge is 0.472 e. The van der Waals surface area contributed by atoms with Crippen LogP contribution in [0.1, 0.15) is 59.4 Å². The average Bonchev–Trinajstić information content (AvgIpc) is 2.79. The van der Waals surface area contributed by atoms with Gasteiger partial charge in [-0.15, -0.1) is 0 Å². The standard InChI is InChI=1S/C14H22.C12H9OP.C3H6O/c1-11(2)13(14(3,4)5)12-9-7-6-8-10-12;1-3-7-11-9(5-1)10-6-2-4-8-12(10)14-13-11;1-2-3-4/h6-11,13H,1-5H3;1-8,14H;3H,2H2,1H3. The van der Waals surface area contributed by atoms with Crippen LogP contribution in [0.2, 0.25) is 0 Å². The Hall–Kier alpha value is -2.44. The fourth-order valence-electron chi connectivity index (χ4n) is 4.24. The third-order valence-electron chi connectivity index (χ3n) is 5.30. The van der Waals surface area contributed by atoms with Gasteiger partial charge in [0.2, 0.25) is 0 Å². The number of hydrogen-bond donors (Lipinski definition) is 0. The molecule has 1 aliphatic heterocycles. The van der Waals surface area contributed by atoms with Crippen LogP contribution in [0, 0.1) is 11.3 Å². The minimum atomic E-state index is 0.343. The zero-order valence-corrected chi connectivity index (χ0v) is 21.3. The van der Waals surface area contributed by atoms with Gasteiger partial charge in [-0.3, -0.25) is 0 Å². The van der Waals surface area contributed by atoms with E-state index in [1.54, 1.807) is 0 Å². The van der Waals surface area contributed by atoms with Gasteiger partial charge in [0.25, 0.3) is 0 Å². The van der Waals surface area contributed by atoms with Crippen LogP contribution in [-0.4, -0.2) is 6.29 Å². The minimum Gasteiger partial charge on any atom is -0.472 e. The van der Waals surface area contributed by atoms with E-state index in [9.17, 15) is 4.79 Å². The summed E-state index contributed by atoms with van der Waals surface area (Å²) < 4.78 is 5.68. The van der Waals surface area contributed by atoms with Crippen LogP contribution in [-0.2, 0) is 4.79 Å². The van der Waals surface area contributed by atoms with Gasteiger partial charge in [0, 0.05) is 17.3 Å². The predicted octanol–water partition coefficient (Wildman–Crippen LogP) is 8.03. The van der Waals surface area contributed by atoms with Crippen LogP contribution in [0.25, 0.3) is 11.1 Å². The van der Waals surface area contributed by atoms with Crippen molar-refractivity contribution in [2.45, 2.75) is 53.9 Å². The van der Waals surface area contributed by atoms with Gasteiger partial charge in [-0.1, -0.05) is 114 Å². The number of aldehydes is 1. The molecule has 0 amide bonds. The fourth-order valence-corrected chi connectivity index (χ4v) is 5.13. The second kappa shape index (κ2) is 12.6. The van der Waals surface area contributed by atoms with Gasteiger partial charge in [-0.05, 0) is 34.4 Å². The molecule has 3 aromatic carbocycles. The molecule has 1 aliphatic rings. The monoisotopic (exact) mass is 448 g/mol. The van der Waals surface area contributed by atoms with Gasteiger partial charge < -0.3 is 9.32 Å². The Morgan fingerprint density at radius 1 is 0.844 bits per heavy atom. The molecule has 0 spiro atoms. The first-order valence-electron chi connectivity index (χ1n) is 11.4. The van der Waals surface area contributed by atoms with Crippen molar-refractivity contribution in [1.82, 2.24) is 0 Å². The first kappa shape index (κ1) is 25.8. The van der Waals surface area contributed by atoms with Crippen molar-refractivity contribution in [2.75, 3.05) is 0 Å². The zero-order chi connectivity index (χ0) is 23.6. The summed E-state index contributed by atoms with van der Waals surface area (Å²) in [5.41, 5.74) is 4.33. The molecule has 4 rings (SSSR count). The second-order valence-corrected chi connectivity index (χ2v) is 10.3. The zero-order valence-electron chi connectivity index (χ0n) is 20.3. The van der Waals surface area contributed by atoms with Crippen molar-refractivity contribution < 1.29 is 9.32 Å². The summed E-state index contributed by atoms with van der Waals surface area (Å²) in [5, 5.41) is 1.30. The first-order valence-corrected chi connectivity index (χ1v) is 12.3. The van der Waals surface area contributed by atoms with Gasteiger partial charge in [0.1, 0.15) is 20.8 Å². The lowest BCUT2D eigenvalue weighted by atomic mass is 9.71. The molecular formula is C29H37O2P. The lowest BCUT2D eigenvalue weighted by Gasteiger charge is -2.34. The molecule has 1 heterocycles. The van der Waals surface area contributed by atoms with Crippen molar-refractivity contribution in [2.24, 2.45) is 11.3 Å². The molecule has 0 bridgehead atoms. The van der Waals surface area contributed by atoms with Crippen LogP contribution in [0.15, 0.2) is 78.9 Å². The summed E-state index contributed by atoms with van der Waals surface area (Å²) in [4.78, 5) is 9.17. The normalized spacial score (nSPS) is 13.3. The highest BCUT2D eigenvalue weighted by Crippen LogP contribution is 2.40. The van der Waals surface area contributed by atoms with Crippen molar-refractivity contribution in [1.29, 1.82) is 0 Å². The average molecular weight is 449 g/mol. The maximum absolute atomic E-state index is 9.17. The number of hydrogen-bond acceptors (Lipinski definition) is 2. The molecule has 32 heavy (non-hydrogen) atoms. The molecule has 170 valence electrons. The molecular weight excluding hydrogens is 411 g/mol. The molecule has 0 radical (unpaired) electrons. The predicted molar refractivity (Wildman–Crippen MR) is 140 cm³/mol. The topological polar surface area (TPSA) is 26.3 Å². The van der Waals surface area contributed by atoms with Crippen LogP contribution in [0.5, 0.6) is 5.75 Å². The number of fused-ring (bicyclic) bond motifs is 3. The van der Waals surface area contributed by atoms with Gasteiger partial charge in [0.15, 0.2) is 0 Å². The SMILES string of the molecule is CC(C)C(c1ccccc1)C(C)(C)C.CCC=O.c1ccc2c(c1)OPc1ccccc1-2. The molecule has 3 heteroatoms.